The lowest BCUT2D eigenvalue weighted by Crippen LogP contribution is -2.27. The number of ketones is 1. The third-order valence-corrected chi connectivity index (χ3v) is 4.93. The van der Waals surface area contributed by atoms with Crippen molar-refractivity contribution in [3.63, 3.8) is 0 Å². The number of carbonyl (C=O) groups is 4. The highest BCUT2D eigenvalue weighted by Gasteiger charge is 2.36. The van der Waals surface area contributed by atoms with Gasteiger partial charge in [-0.3, -0.25) is 14.4 Å². The maximum Gasteiger partial charge on any atom is 0.379 e. The number of hydrogen-bond donors (Lipinski definition) is 0. The monoisotopic (exact) mass is 437 g/mol. The zero-order valence-corrected chi connectivity index (χ0v) is 16.9. The lowest BCUT2D eigenvalue weighted by atomic mass is 10.1. The highest BCUT2D eigenvalue weighted by molar-refractivity contribution is 5.98. The van der Waals surface area contributed by atoms with Crippen LogP contribution < -0.4 is 4.74 Å². The van der Waals surface area contributed by atoms with Crippen molar-refractivity contribution in [1.82, 2.24) is 4.90 Å². The Hall–Kier alpha value is -4.14. The van der Waals surface area contributed by atoms with E-state index in [-0.39, 0.29) is 42.5 Å². The molecule has 9 heteroatoms. The molecule has 3 aromatic rings. The second-order valence-corrected chi connectivity index (χ2v) is 7.18. The summed E-state index contributed by atoms with van der Waals surface area (Å²) in [4.78, 5) is 50.2. The Labute approximate surface area is 182 Å². The van der Waals surface area contributed by atoms with Crippen LogP contribution in [0.4, 0.5) is 0 Å². The normalized spacial score (nSPS) is 15.6. The molecule has 0 bridgehead atoms. The van der Waals surface area contributed by atoms with E-state index >= 15 is 0 Å². The maximum atomic E-state index is 12.3. The molecule has 1 amide bonds. The van der Waals surface area contributed by atoms with Gasteiger partial charge in [-0.15, -0.1) is 0 Å². The summed E-state index contributed by atoms with van der Waals surface area (Å²) in [6, 6.07) is 12.4. The van der Waals surface area contributed by atoms with Crippen molar-refractivity contribution < 1.29 is 37.5 Å². The third kappa shape index (κ3) is 4.94. The highest BCUT2D eigenvalue weighted by Crippen LogP contribution is 2.22. The van der Waals surface area contributed by atoms with Gasteiger partial charge in [-0.05, 0) is 48.5 Å². The van der Waals surface area contributed by atoms with Crippen molar-refractivity contribution in [2.24, 2.45) is 5.92 Å². The molecule has 1 atom stereocenters. The van der Waals surface area contributed by atoms with E-state index in [2.05, 4.69) is 0 Å². The summed E-state index contributed by atoms with van der Waals surface area (Å²) in [5.74, 6) is -1.55. The quantitative estimate of drug-likeness (QED) is 0.300. The minimum atomic E-state index is -0.657. The molecule has 0 saturated carbocycles. The van der Waals surface area contributed by atoms with Crippen LogP contribution in [0.25, 0.3) is 0 Å². The molecule has 0 radical (unpaired) electrons. The largest absolute Gasteiger partial charge is 0.467 e. The van der Waals surface area contributed by atoms with Crippen LogP contribution in [0.3, 0.4) is 0 Å². The summed E-state index contributed by atoms with van der Waals surface area (Å²) < 4.78 is 20.5. The number of Topliss-reactive ketones (excluding diaryl/α,β-unsaturated/α-hetero) is 1. The van der Waals surface area contributed by atoms with Gasteiger partial charge < -0.3 is 23.2 Å². The van der Waals surface area contributed by atoms with Crippen LogP contribution in [-0.4, -0.2) is 41.7 Å². The van der Waals surface area contributed by atoms with E-state index in [9.17, 15) is 19.2 Å². The number of hydrogen-bond acceptors (Lipinski definition) is 8. The summed E-state index contributed by atoms with van der Waals surface area (Å²) in [6.07, 6.45) is 2.91. The fraction of sp³-hybridized carbons (Fsp3) is 0.217. The fourth-order valence-corrected chi connectivity index (χ4v) is 3.27. The van der Waals surface area contributed by atoms with Crippen LogP contribution in [0.15, 0.2) is 69.9 Å². The number of carbonyl (C=O) groups excluding carboxylic acids is 4. The minimum absolute atomic E-state index is 0.0312. The first-order valence-corrected chi connectivity index (χ1v) is 9.85. The first kappa shape index (κ1) is 21.1. The summed E-state index contributed by atoms with van der Waals surface area (Å²) >= 11 is 0. The number of benzene rings is 1. The summed E-state index contributed by atoms with van der Waals surface area (Å²) in [7, 11) is 0. The molecule has 9 nitrogen and oxygen atoms in total. The number of esters is 2. The van der Waals surface area contributed by atoms with E-state index in [4.69, 9.17) is 18.3 Å². The Morgan fingerprint density at radius 3 is 2.44 bits per heavy atom. The fourth-order valence-electron chi connectivity index (χ4n) is 3.27. The van der Waals surface area contributed by atoms with Crippen LogP contribution in [0.2, 0.25) is 0 Å². The topological polar surface area (TPSA) is 116 Å². The Morgan fingerprint density at radius 2 is 1.75 bits per heavy atom. The molecular formula is C23H19NO8. The molecule has 1 aliphatic heterocycles. The van der Waals surface area contributed by atoms with Gasteiger partial charge in [0.25, 0.3) is 0 Å². The zero-order chi connectivity index (χ0) is 22.5. The number of nitrogens with zero attached hydrogens (tertiary/aromatic N) is 1. The van der Waals surface area contributed by atoms with E-state index in [1.807, 2.05) is 0 Å². The smallest absolute Gasteiger partial charge is 0.379 e. The number of likely N-dealkylation sites (tertiary alicyclic amines) is 1. The van der Waals surface area contributed by atoms with Crippen molar-refractivity contribution in [1.29, 1.82) is 0 Å². The van der Waals surface area contributed by atoms with E-state index in [0.717, 1.165) is 0 Å². The molecule has 1 aromatic carbocycles. The molecule has 0 unspecified atom stereocenters. The second-order valence-electron chi connectivity index (χ2n) is 7.18. The second kappa shape index (κ2) is 9.34. The molecule has 1 saturated heterocycles. The number of rotatable bonds is 8. The van der Waals surface area contributed by atoms with E-state index in [1.165, 1.54) is 47.8 Å². The molecule has 1 aliphatic rings. The van der Waals surface area contributed by atoms with Gasteiger partial charge in [0, 0.05) is 18.5 Å². The molecule has 2 aromatic heterocycles. The molecule has 32 heavy (non-hydrogen) atoms. The minimum Gasteiger partial charge on any atom is -0.467 e. The van der Waals surface area contributed by atoms with Crippen LogP contribution in [0.1, 0.15) is 33.1 Å². The predicted molar refractivity (Wildman–Crippen MR) is 108 cm³/mol. The van der Waals surface area contributed by atoms with Crippen molar-refractivity contribution >= 4 is 23.6 Å². The molecule has 3 heterocycles. The zero-order valence-electron chi connectivity index (χ0n) is 16.9. The number of ether oxygens (including phenoxy) is 2. The van der Waals surface area contributed by atoms with Crippen molar-refractivity contribution in [2.45, 2.75) is 13.0 Å². The lowest BCUT2D eigenvalue weighted by Gasteiger charge is -2.14. The molecule has 4 rings (SSSR count). The van der Waals surface area contributed by atoms with Crippen molar-refractivity contribution in [2.75, 3.05) is 13.2 Å². The van der Waals surface area contributed by atoms with Gasteiger partial charge in [0.15, 0.2) is 12.4 Å². The van der Waals surface area contributed by atoms with Gasteiger partial charge in [-0.25, -0.2) is 4.79 Å². The van der Waals surface area contributed by atoms with E-state index in [1.54, 1.807) is 18.2 Å². The van der Waals surface area contributed by atoms with E-state index in [0.29, 0.717) is 5.76 Å². The van der Waals surface area contributed by atoms with Gasteiger partial charge in [-0.2, -0.15) is 0 Å². The first-order chi connectivity index (χ1) is 15.5. The lowest BCUT2D eigenvalue weighted by molar-refractivity contribution is -0.147. The van der Waals surface area contributed by atoms with Crippen LogP contribution in [0.5, 0.6) is 5.75 Å². The van der Waals surface area contributed by atoms with Crippen molar-refractivity contribution in [3.8, 4) is 5.75 Å². The van der Waals surface area contributed by atoms with Crippen LogP contribution in [-0.2, 0) is 20.9 Å². The van der Waals surface area contributed by atoms with Gasteiger partial charge in [-0.1, -0.05) is 0 Å². The molecule has 0 N–H and O–H groups in total. The Kier molecular flexibility index (Phi) is 6.16. The summed E-state index contributed by atoms with van der Waals surface area (Å²) in [5.41, 5.74) is 0.289. The first-order valence-electron chi connectivity index (χ1n) is 9.85. The van der Waals surface area contributed by atoms with Gasteiger partial charge in [0.1, 0.15) is 11.5 Å². The molecule has 0 spiro atoms. The van der Waals surface area contributed by atoms with Gasteiger partial charge in [0.05, 0.1) is 25.0 Å². The molecular weight excluding hydrogens is 418 g/mol. The highest BCUT2D eigenvalue weighted by atomic mass is 16.5. The molecule has 1 fully saturated rings. The third-order valence-electron chi connectivity index (χ3n) is 4.93. The SMILES string of the molecule is O=C(COC(=O)[C@H]1CC(=O)N(Cc2ccco2)C1)c1ccc(OC(=O)c2ccco2)cc1. The predicted octanol–water partition coefficient (Wildman–Crippen LogP) is 2.87. The average Bonchev–Trinajstić information content (AvgIpc) is 3.56. The summed E-state index contributed by atoms with van der Waals surface area (Å²) in [5, 5.41) is 0. The van der Waals surface area contributed by atoms with Crippen LogP contribution in [0, 0.1) is 5.92 Å². The average molecular weight is 437 g/mol. The Bertz CT molecular complexity index is 1100. The maximum absolute atomic E-state index is 12.3. The van der Waals surface area contributed by atoms with E-state index < -0.39 is 30.2 Å². The van der Waals surface area contributed by atoms with Crippen molar-refractivity contribution in [3.05, 3.63) is 78.1 Å². The Balaban J connectivity index is 1.25. The summed E-state index contributed by atoms with van der Waals surface area (Å²) in [6.45, 7) is 0.0426. The standard InChI is InChI=1S/C23H19NO8/c25-19(15-5-7-17(8-6-15)32-23(28)20-4-2-10-30-20)14-31-22(27)16-11-21(26)24(12-16)13-18-3-1-9-29-18/h1-10,16H,11-14H2/t16-/m0/s1. The van der Waals surface area contributed by atoms with Gasteiger partial charge in [0.2, 0.25) is 11.7 Å². The Morgan fingerprint density at radius 1 is 1.00 bits per heavy atom. The van der Waals surface area contributed by atoms with Gasteiger partial charge >= 0.3 is 11.9 Å². The number of furan rings is 2. The molecule has 164 valence electrons. The number of amides is 1. The molecule has 0 aliphatic carbocycles. The van der Waals surface area contributed by atoms with Crippen LogP contribution >= 0.6 is 0 Å².